The molecule has 2 aromatic carbocycles. The van der Waals surface area contributed by atoms with E-state index >= 15 is 0 Å². The molecule has 0 aliphatic rings. The summed E-state index contributed by atoms with van der Waals surface area (Å²) < 4.78 is 5.25. The van der Waals surface area contributed by atoms with E-state index in [1.807, 2.05) is 30.3 Å². The SMILES string of the molecule is COC(C(=O)c1ccccc1O)c1ccccc1. The van der Waals surface area contributed by atoms with Gasteiger partial charge in [-0.3, -0.25) is 4.79 Å². The first-order valence-corrected chi connectivity index (χ1v) is 5.64. The van der Waals surface area contributed by atoms with Crippen LogP contribution < -0.4 is 0 Å². The van der Waals surface area contributed by atoms with Gasteiger partial charge in [-0.1, -0.05) is 42.5 Å². The lowest BCUT2D eigenvalue weighted by atomic mass is 9.99. The second-order valence-corrected chi connectivity index (χ2v) is 3.91. The van der Waals surface area contributed by atoms with Gasteiger partial charge in [0.15, 0.2) is 5.78 Å². The summed E-state index contributed by atoms with van der Waals surface area (Å²) in [4.78, 5) is 12.3. The first-order chi connectivity index (χ1) is 8.74. The van der Waals surface area contributed by atoms with Gasteiger partial charge >= 0.3 is 0 Å². The van der Waals surface area contributed by atoms with Gasteiger partial charge < -0.3 is 9.84 Å². The zero-order valence-corrected chi connectivity index (χ0v) is 10.0. The van der Waals surface area contributed by atoms with Crippen molar-refractivity contribution in [3.05, 3.63) is 65.7 Å². The average molecular weight is 242 g/mol. The Labute approximate surface area is 106 Å². The van der Waals surface area contributed by atoms with Crippen molar-refractivity contribution in [2.75, 3.05) is 7.11 Å². The summed E-state index contributed by atoms with van der Waals surface area (Å²) in [7, 11) is 1.48. The summed E-state index contributed by atoms with van der Waals surface area (Å²) in [5.74, 6) is -0.276. The monoisotopic (exact) mass is 242 g/mol. The number of Topliss-reactive ketones (excluding diaryl/α,β-unsaturated/α-hetero) is 1. The molecule has 3 nitrogen and oxygen atoms in total. The smallest absolute Gasteiger partial charge is 0.199 e. The summed E-state index contributed by atoms with van der Waals surface area (Å²) in [5, 5.41) is 9.70. The molecule has 0 bridgehead atoms. The van der Waals surface area contributed by atoms with Crippen LogP contribution in [0.5, 0.6) is 5.75 Å². The quantitative estimate of drug-likeness (QED) is 0.838. The van der Waals surface area contributed by atoms with Crippen LogP contribution in [0.4, 0.5) is 0 Å². The Hall–Kier alpha value is -2.13. The number of aromatic hydroxyl groups is 1. The fourth-order valence-corrected chi connectivity index (χ4v) is 1.85. The first-order valence-electron chi connectivity index (χ1n) is 5.64. The summed E-state index contributed by atoms with van der Waals surface area (Å²) >= 11 is 0. The third-order valence-electron chi connectivity index (χ3n) is 2.75. The standard InChI is InChI=1S/C15H14O3/c1-18-15(11-7-3-2-4-8-11)14(17)12-9-5-6-10-13(12)16/h2-10,15-16H,1H3. The number of hydrogen-bond donors (Lipinski definition) is 1. The van der Waals surface area contributed by atoms with Crippen LogP contribution in [0.25, 0.3) is 0 Å². The molecule has 1 atom stereocenters. The molecular formula is C15H14O3. The predicted octanol–water partition coefficient (Wildman–Crippen LogP) is 2.96. The molecule has 1 unspecified atom stereocenters. The highest BCUT2D eigenvalue weighted by molar-refractivity contribution is 6.02. The number of ether oxygens (including phenoxy) is 1. The fourth-order valence-electron chi connectivity index (χ4n) is 1.85. The number of phenolic OH excluding ortho intramolecular Hbond substituents is 1. The third-order valence-corrected chi connectivity index (χ3v) is 2.75. The van der Waals surface area contributed by atoms with Gasteiger partial charge in [0, 0.05) is 7.11 Å². The van der Waals surface area contributed by atoms with Crippen molar-refractivity contribution in [2.45, 2.75) is 6.10 Å². The van der Waals surface area contributed by atoms with Gasteiger partial charge in [-0.15, -0.1) is 0 Å². The molecule has 92 valence electrons. The lowest BCUT2D eigenvalue weighted by Gasteiger charge is -2.15. The molecule has 1 N–H and O–H groups in total. The van der Waals surface area contributed by atoms with E-state index in [1.54, 1.807) is 18.2 Å². The number of benzene rings is 2. The Morgan fingerprint density at radius 1 is 1.06 bits per heavy atom. The van der Waals surface area contributed by atoms with Crippen molar-refractivity contribution in [1.82, 2.24) is 0 Å². The molecule has 2 rings (SSSR count). The Morgan fingerprint density at radius 3 is 2.28 bits per heavy atom. The van der Waals surface area contributed by atoms with E-state index in [4.69, 9.17) is 4.74 Å². The Morgan fingerprint density at radius 2 is 1.67 bits per heavy atom. The van der Waals surface area contributed by atoms with Crippen molar-refractivity contribution in [3.63, 3.8) is 0 Å². The molecule has 18 heavy (non-hydrogen) atoms. The van der Waals surface area contributed by atoms with Gasteiger partial charge in [0.05, 0.1) is 5.56 Å². The number of para-hydroxylation sites is 1. The Bertz CT molecular complexity index is 534. The molecule has 0 aromatic heterocycles. The zero-order chi connectivity index (χ0) is 13.0. The number of carbonyl (C=O) groups excluding carboxylic acids is 1. The van der Waals surface area contributed by atoms with Crippen LogP contribution in [0.1, 0.15) is 22.0 Å². The van der Waals surface area contributed by atoms with Gasteiger partial charge in [0.25, 0.3) is 0 Å². The highest BCUT2D eigenvalue weighted by atomic mass is 16.5. The van der Waals surface area contributed by atoms with Crippen LogP contribution >= 0.6 is 0 Å². The van der Waals surface area contributed by atoms with E-state index < -0.39 is 6.10 Å². The zero-order valence-electron chi connectivity index (χ0n) is 10.0. The molecule has 0 aliphatic carbocycles. The topological polar surface area (TPSA) is 46.5 Å². The number of phenols is 1. The minimum atomic E-state index is -0.695. The predicted molar refractivity (Wildman–Crippen MR) is 68.6 cm³/mol. The maximum atomic E-state index is 12.3. The lowest BCUT2D eigenvalue weighted by molar-refractivity contribution is 0.0601. The third kappa shape index (κ3) is 2.41. The van der Waals surface area contributed by atoms with E-state index in [2.05, 4.69) is 0 Å². The molecule has 3 heteroatoms. The van der Waals surface area contributed by atoms with Crippen molar-refractivity contribution in [1.29, 1.82) is 0 Å². The minimum absolute atomic E-state index is 0.0273. The number of hydrogen-bond acceptors (Lipinski definition) is 3. The van der Waals surface area contributed by atoms with Crippen molar-refractivity contribution in [3.8, 4) is 5.75 Å². The molecular weight excluding hydrogens is 228 g/mol. The van der Waals surface area contributed by atoms with Crippen LogP contribution in [0.3, 0.4) is 0 Å². The summed E-state index contributed by atoms with van der Waals surface area (Å²) in [6.45, 7) is 0. The molecule has 0 spiro atoms. The van der Waals surface area contributed by atoms with Crippen molar-refractivity contribution in [2.24, 2.45) is 0 Å². The number of rotatable bonds is 4. The summed E-state index contributed by atoms with van der Waals surface area (Å²) in [6, 6.07) is 15.7. The van der Waals surface area contributed by atoms with Crippen molar-refractivity contribution >= 4 is 5.78 Å². The van der Waals surface area contributed by atoms with Crippen LogP contribution in [0, 0.1) is 0 Å². The fraction of sp³-hybridized carbons (Fsp3) is 0.133. The largest absolute Gasteiger partial charge is 0.507 e. The lowest BCUT2D eigenvalue weighted by Crippen LogP contribution is -2.14. The Kier molecular flexibility index (Phi) is 3.75. The molecule has 0 saturated heterocycles. The van der Waals surface area contributed by atoms with Gasteiger partial charge in [-0.2, -0.15) is 0 Å². The maximum Gasteiger partial charge on any atom is 0.199 e. The Balaban J connectivity index is 2.35. The molecule has 0 fully saturated rings. The van der Waals surface area contributed by atoms with E-state index in [0.717, 1.165) is 5.56 Å². The van der Waals surface area contributed by atoms with Gasteiger partial charge in [0.2, 0.25) is 0 Å². The van der Waals surface area contributed by atoms with Crippen LogP contribution in [0.15, 0.2) is 54.6 Å². The normalized spacial score (nSPS) is 12.1. The highest BCUT2D eigenvalue weighted by Crippen LogP contribution is 2.26. The summed E-state index contributed by atoms with van der Waals surface area (Å²) in [5.41, 5.74) is 1.04. The van der Waals surface area contributed by atoms with E-state index in [-0.39, 0.29) is 17.1 Å². The second-order valence-electron chi connectivity index (χ2n) is 3.91. The second kappa shape index (κ2) is 5.47. The van der Waals surface area contributed by atoms with E-state index in [1.165, 1.54) is 13.2 Å². The minimum Gasteiger partial charge on any atom is -0.507 e. The average Bonchev–Trinajstić information content (AvgIpc) is 2.41. The first kappa shape index (κ1) is 12.3. The molecule has 0 radical (unpaired) electrons. The number of methoxy groups -OCH3 is 1. The van der Waals surface area contributed by atoms with Crippen molar-refractivity contribution < 1.29 is 14.6 Å². The van der Waals surface area contributed by atoms with E-state index in [9.17, 15) is 9.90 Å². The summed E-state index contributed by atoms with van der Waals surface area (Å²) in [6.07, 6.45) is -0.695. The maximum absolute atomic E-state index is 12.3. The van der Waals surface area contributed by atoms with Gasteiger partial charge in [-0.05, 0) is 17.7 Å². The molecule has 0 amide bonds. The number of ketones is 1. The van der Waals surface area contributed by atoms with Gasteiger partial charge in [-0.25, -0.2) is 0 Å². The molecule has 0 heterocycles. The van der Waals surface area contributed by atoms with Gasteiger partial charge in [0.1, 0.15) is 11.9 Å². The van der Waals surface area contributed by atoms with Crippen LogP contribution in [-0.2, 0) is 4.74 Å². The van der Waals surface area contributed by atoms with E-state index in [0.29, 0.717) is 0 Å². The molecule has 2 aromatic rings. The molecule has 0 aliphatic heterocycles. The van der Waals surface area contributed by atoms with Crippen LogP contribution in [-0.4, -0.2) is 18.0 Å². The van der Waals surface area contributed by atoms with Crippen LogP contribution in [0.2, 0.25) is 0 Å². The molecule has 0 saturated carbocycles. The highest BCUT2D eigenvalue weighted by Gasteiger charge is 2.23. The number of carbonyl (C=O) groups is 1.